The number of rotatable bonds is 3. The van der Waals surface area contributed by atoms with Crippen LogP contribution in [0.25, 0.3) is 0 Å². The van der Waals surface area contributed by atoms with Crippen molar-refractivity contribution in [2.75, 3.05) is 30.8 Å². The van der Waals surface area contributed by atoms with E-state index in [1.54, 1.807) is 18.2 Å². The molecule has 1 fully saturated rings. The fourth-order valence-electron chi connectivity index (χ4n) is 2.67. The van der Waals surface area contributed by atoms with Crippen molar-refractivity contribution in [3.05, 3.63) is 23.8 Å². The van der Waals surface area contributed by atoms with E-state index in [-0.39, 0.29) is 30.1 Å². The van der Waals surface area contributed by atoms with Gasteiger partial charge in [0.25, 0.3) is 0 Å². The summed E-state index contributed by atoms with van der Waals surface area (Å²) in [5.41, 5.74) is 1.36. The average molecular weight is 347 g/mol. The molecule has 1 aromatic carbocycles. The lowest BCUT2D eigenvalue weighted by Crippen LogP contribution is -2.43. The second-order valence-electron chi connectivity index (χ2n) is 5.37. The molecule has 6 nitrogen and oxygen atoms in total. The number of carbonyl (C=O) groups excluding carboxylic acids is 1. The van der Waals surface area contributed by atoms with E-state index in [0.717, 1.165) is 12.1 Å². The van der Waals surface area contributed by atoms with Gasteiger partial charge >= 0.3 is 0 Å². The number of hydrogen-bond acceptors (Lipinski definition) is 5. The Morgan fingerprint density at radius 1 is 1.41 bits per heavy atom. The van der Waals surface area contributed by atoms with Gasteiger partial charge in [-0.05, 0) is 24.1 Å². The zero-order valence-electron chi connectivity index (χ0n) is 12.0. The largest absolute Gasteiger partial charge is 0.378 e. The van der Waals surface area contributed by atoms with E-state index in [9.17, 15) is 13.2 Å². The molecule has 2 aliphatic rings. The summed E-state index contributed by atoms with van der Waals surface area (Å²) >= 11 is 0. The first-order valence-electron chi connectivity index (χ1n) is 7.01. The molecule has 1 unspecified atom stereocenters. The summed E-state index contributed by atoms with van der Waals surface area (Å²) in [7, 11) is -3.17. The van der Waals surface area contributed by atoms with E-state index >= 15 is 0 Å². The summed E-state index contributed by atoms with van der Waals surface area (Å²) in [6.45, 7) is 1.93. The quantitative estimate of drug-likeness (QED) is 0.844. The van der Waals surface area contributed by atoms with E-state index in [1.165, 1.54) is 0 Å². The van der Waals surface area contributed by atoms with Crippen LogP contribution in [0.1, 0.15) is 12.0 Å². The number of benzene rings is 1. The van der Waals surface area contributed by atoms with Gasteiger partial charge in [0.15, 0.2) is 9.84 Å². The number of nitrogens with one attached hydrogen (secondary N) is 2. The topological polar surface area (TPSA) is 84.5 Å². The molecule has 8 heteroatoms. The molecular weight excluding hydrogens is 328 g/mol. The van der Waals surface area contributed by atoms with Crippen molar-refractivity contribution in [3.8, 4) is 0 Å². The second kappa shape index (κ2) is 6.95. The van der Waals surface area contributed by atoms with Crippen LogP contribution in [0, 0.1) is 0 Å². The van der Waals surface area contributed by atoms with Gasteiger partial charge in [-0.3, -0.25) is 4.79 Å². The molecule has 1 saturated heterocycles. The van der Waals surface area contributed by atoms with Crippen molar-refractivity contribution in [2.24, 2.45) is 0 Å². The molecule has 1 aromatic rings. The number of halogens is 1. The van der Waals surface area contributed by atoms with Gasteiger partial charge in [-0.25, -0.2) is 8.42 Å². The highest BCUT2D eigenvalue weighted by atomic mass is 35.5. The van der Waals surface area contributed by atoms with Crippen LogP contribution in [0.3, 0.4) is 0 Å². The maximum atomic E-state index is 12.0. The summed E-state index contributed by atoms with van der Waals surface area (Å²) < 4.78 is 29.0. The van der Waals surface area contributed by atoms with Gasteiger partial charge < -0.3 is 15.4 Å². The molecule has 1 atom stereocenters. The van der Waals surface area contributed by atoms with Crippen LogP contribution in [-0.4, -0.2) is 45.9 Å². The molecule has 0 aromatic heterocycles. The summed E-state index contributed by atoms with van der Waals surface area (Å²) in [5.74, 6) is 0.0108. The number of anilines is 1. The van der Waals surface area contributed by atoms with Gasteiger partial charge in [0.2, 0.25) is 5.91 Å². The second-order valence-corrected chi connectivity index (χ2v) is 7.45. The van der Waals surface area contributed by atoms with Crippen molar-refractivity contribution in [3.63, 3.8) is 0 Å². The molecule has 2 N–H and O–H groups in total. The van der Waals surface area contributed by atoms with E-state index in [2.05, 4.69) is 10.6 Å². The monoisotopic (exact) mass is 346 g/mol. The molecule has 0 radical (unpaired) electrons. The molecule has 0 spiro atoms. The zero-order chi connectivity index (χ0) is 14.9. The fourth-order valence-corrected chi connectivity index (χ4v) is 4.25. The number of amides is 1. The number of sulfone groups is 1. The molecule has 2 aliphatic heterocycles. The molecular formula is C14H19ClN2O4S. The minimum atomic E-state index is -3.17. The molecule has 3 rings (SSSR count). The third-order valence-corrected chi connectivity index (χ3v) is 5.55. The highest BCUT2D eigenvalue weighted by molar-refractivity contribution is 7.91. The molecule has 0 bridgehead atoms. The Hall–Kier alpha value is -1.15. The minimum absolute atomic E-state index is 0. The predicted octanol–water partition coefficient (Wildman–Crippen LogP) is 0.755. The van der Waals surface area contributed by atoms with Crippen molar-refractivity contribution in [2.45, 2.75) is 23.8 Å². The third-order valence-electron chi connectivity index (χ3n) is 3.76. The first-order chi connectivity index (χ1) is 10.0. The van der Waals surface area contributed by atoms with Gasteiger partial charge in [-0.15, -0.1) is 12.4 Å². The summed E-state index contributed by atoms with van der Waals surface area (Å²) in [4.78, 5) is 12.3. The van der Waals surface area contributed by atoms with E-state index in [4.69, 9.17) is 4.74 Å². The van der Waals surface area contributed by atoms with Gasteiger partial charge in [-0.2, -0.15) is 0 Å². The Bertz CT molecular complexity index is 657. The lowest BCUT2D eigenvalue weighted by molar-refractivity contribution is -0.117. The first kappa shape index (κ1) is 17.2. The molecule has 0 aliphatic carbocycles. The highest BCUT2D eigenvalue weighted by Gasteiger charge is 2.26. The van der Waals surface area contributed by atoms with Crippen molar-refractivity contribution in [1.29, 1.82) is 0 Å². The van der Waals surface area contributed by atoms with Crippen LogP contribution in [0.15, 0.2) is 23.1 Å². The summed E-state index contributed by atoms with van der Waals surface area (Å²) in [5, 5.41) is 5.97. The van der Waals surface area contributed by atoms with Crippen LogP contribution in [0.4, 0.5) is 5.69 Å². The summed E-state index contributed by atoms with van der Waals surface area (Å²) in [6, 6.07) is 5.09. The minimum Gasteiger partial charge on any atom is -0.378 e. The number of aryl methyl sites for hydroxylation is 1. The van der Waals surface area contributed by atoms with Crippen molar-refractivity contribution >= 4 is 33.8 Å². The van der Waals surface area contributed by atoms with E-state index in [1.807, 2.05) is 0 Å². The van der Waals surface area contributed by atoms with Gasteiger partial charge in [-0.1, -0.05) is 6.07 Å². The van der Waals surface area contributed by atoms with Crippen LogP contribution in [0.2, 0.25) is 0 Å². The van der Waals surface area contributed by atoms with Gasteiger partial charge in [0, 0.05) is 24.7 Å². The standard InChI is InChI=1S/C14H18N2O4S.ClH/c17-14(8-12-9-20-5-4-15-12)16-11-2-1-10-3-6-21(18,19)13(10)7-11;/h1-2,7,12,15H,3-6,8-9H2,(H,16,17);1H. The van der Waals surface area contributed by atoms with Gasteiger partial charge in [0.1, 0.15) is 0 Å². The molecule has 0 saturated carbocycles. The van der Waals surface area contributed by atoms with E-state index < -0.39 is 9.84 Å². The SMILES string of the molecule is Cl.O=C(CC1COCCN1)Nc1ccc2c(c1)S(=O)(=O)CC2. The maximum Gasteiger partial charge on any atom is 0.226 e. The Labute approximate surface area is 135 Å². The number of ether oxygens (including phenoxy) is 1. The van der Waals surface area contributed by atoms with Gasteiger partial charge in [0.05, 0.1) is 23.9 Å². The van der Waals surface area contributed by atoms with Crippen LogP contribution < -0.4 is 10.6 Å². The van der Waals surface area contributed by atoms with Crippen molar-refractivity contribution in [1.82, 2.24) is 5.32 Å². The first-order valence-corrected chi connectivity index (χ1v) is 8.66. The third kappa shape index (κ3) is 3.78. The fraction of sp³-hybridized carbons (Fsp3) is 0.500. The lowest BCUT2D eigenvalue weighted by Gasteiger charge is -2.23. The number of morpholine rings is 1. The molecule has 1 amide bonds. The Balaban J connectivity index is 0.00000176. The zero-order valence-corrected chi connectivity index (χ0v) is 13.6. The lowest BCUT2D eigenvalue weighted by atomic mass is 10.1. The Kier molecular flexibility index (Phi) is 5.44. The van der Waals surface area contributed by atoms with Crippen LogP contribution >= 0.6 is 12.4 Å². The number of fused-ring (bicyclic) bond motifs is 1. The van der Waals surface area contributed by atoms with E-state index in [0.29, 0.717) is 36.6 Å². The molecule has 2 heterocycles. The molecule has 122 valence electrons. The van der Waals surface area contributed by atoms with Crippen LogP contribution in [-0.2, 0) is 25.8 Å². The smallest absolute Gasteiger partial charge is 0.226 e. The Morgan fingerprint density at radius 3 is 2.95 bits per heavy atom. The maximum absolute atomic E-state index is 12.0. The average Bonchev–Trinajstić information content (AvgIpc) is 2.75. The Morgan fingerprint density at radius 2 is 2.23 bits per heavy atom. The predicted molar refractivity (Wildman–Crippen MR) is 85.3 cm³/mol. The highest BCUT2D eigenvalue weighted by Crippen LogP contribution is 2.28. The molecule has 22 heavy (non-hydrogen) atoms. The van der Waals surface area contributed by atoms with Crippen LogP contribution in [0.5, 0.6) is 0 Å². The normalized spacial score (nSPS) is 22.5. The van der Waals surface area contributed by atoms with Crippen molar-refractivity contribution < 1.29 is 17.9 Å². The number of hydrogen-bond donors (Lipinski definition) is 2. The number of carbonyl (C=O) groups is 1. The summed E-state index contributed by atoms with van der Waals surface area (Å²) in [6.07, 6.45) is 0.860.